The Morgan fingerprint density at radius 3 is 2.69 bits per heavy atom. The van der Waals surface area contributed by atoms with Gasteiger partial charge in [0.05, 0.1) is 0 Å². The first-order valence-corrected chi connectivity index (χ1v) is 5.63. The maximum atomic E-state index is 11.6. The van der Waals surface area contributed by atoms with Crippen molar-refractivity contribution >= 4 is 5.91 Å². The summed E-state index contributed by atoms with van der Waals surface area (Å²) in [6.45, 7) is 2.03. The number of piperidine rings is 1. The minimum atomic E-state index is -0.200. The average molecular weight is 219 g/mol. The molecule has 0 atom stereocenters. The van der Waals surface area contributed by atoms with Crippen molar-refractivity contribution in [1.82, 2.24) is 10.7 Å². The summed E-state index contributed by atoms with van der Waals surface area (Å²) in [4.78, 5) is 11.6. The molecule has 4 N–H and O–H groups in total. The van der Waals surface area contributed by atoms with Crippen LogP contribution in [0.5, 0.6) is 0 Å². The number of benzene rings is 1. The summed E-state index contributed by atoms with van der Waals surface area (Å²) in [5.74, 6) is 5.46. The van der Waals surface area contributed by atoms with Gasteiger partial charge in [0.15, 0.2) is 0 Å². The van der Waals surface area contributed by atoms with Gasteiger partial charge in [-0.25, -0.2) is 5.84 Å². The van der Waals surface area contributed by atoms with E-state index >= 15 is 0 Å². The molecule has 16 heavy (non-hydrogen) atoms. The van der Waals surface area contributed by atoms with Gasteiger partial charge in [-0.2, -0.15) is 0 Å². The van der Waals surface area contributed by atoms with Crippen LogP contribution in [-0.4, -0.2) is 19.0 Å². The number of nitrogen functional groups attached to an aromatic ring is 1. The van der Waals surface area contributed by atoms with Crippen LogP contribution in [0.25, 0.3) is 0 Å². The molecule has 0 saturated carbocycles. The number of amides is 1. The molecule has 4 heteroatoms. The van der Waals surface area contributed by atoms with E-state index in [1.54, 1.807) is 0 Å². The summed E-state index contributed by atoms with van der Waals surface area (Å²) in [7, 11) is 0. The third-order valence-electron chi connectivity index (χ3n) is 3.12. The number of carbonyl (C=O) groups excluding carboxylic acids is 1. The standard InChI is InChI=1S/C12H17N3O/c13-15-12(16)11-4-2-1-3-10(11)9-5-7-14-8-6-9/h1-4,9,14H,5-8,13H2,(H,15,16). The lowest BCUT2D eigenvalue weighted by Crippen LogP contribution is -2.32. The molecule has 1 fully saturated rings. The number of nitrogens with one attached hydrogen (secondary N) is 2. The van der Waals surface area contributed by atoms with Crippen LogP contribution in [0, 0.1) is 0 Å². The molecule has 1 heterocycles. The molecule has 0 unspecified atom stereocenters. The van der Waals surface area contributed by atoms with Crippen LogP contribution in [-0.2, 0) is 0 Å². The fourth-order valence-electron chi connectivity index (χ4n) is 2.27. The van der Waals surface area contributed by atoms with Gasteiger partial charge in [0.1, 0.15) is 0 Å². The Labute approximate surface area is 95.2 Å². The van der Waals surface area contributed by atoms with Gasteiger partial charge in [0, 0.05) is 5.56 Å². The zero-order chi connectivity index (χ0) is 11.4. The third-order valence-corrected chi connectivity index (χ3v) is 3.12. The lowest BCUT2D eigenvalue weighted by Gasteiger charge is -2.24. The zero-order valence-electron chi connectivity index (χ0n) is 9.20. The summed E-state index contributed by atoms with van der Waals surface area (Å²) in [6, 6.07) is 7.71. The summed E-state index contributed by atoms with van der Waals surface area (Å²) < 4.78 is 0. The maximum absolute atomic E-state index is 11.6. The molecular formula is C12H17N3O. The fourth-order valence-corrected chi connectivity index (χ4v) is 2.27. The smallest absolute Gasteiger partial charge is 0.265 e. The third kappa shape index (κ3) is 2.23. The topological polar surface area (TPSA) is 67.1 Å². The highest BCUT2D eigenvalue weighted by atomic mass is 16.2. The Balaban J connectivity index is 2.28. The van der Waals surface area contributed by atoms with Crippen LogP contribution >= 0.6 is 0 Å². The highest BCUT2D eigenvalue weighted by molar-refractivity contribution is 5.95. The second-order valence-electron chi connectivity index (χ2n) is 4.08. The van der Waals surface area contributed by atoms with E-state index in [1.165, 1.54) is 0 Å². The van der Waals surface area contributed by atoms with Gasteiger partial charge in [-0.15, -0.1) is 0 Å². The fraction of sp³-hybridized carbons (Fsp3) is 0.417. The molecular weight excluding hydrogens is 202 g/mol. The predicted molar refractivity (Wildman–Crippen MR) is 62.9 cm³/mol. The Hall–Kier alpha value is -1.39. The van der Waals surface area contributed by atoms with Crippen LogP contribution in [0.1, 0.15) is 34.7 Å². The van der Waals surface area contributed by atoms with Crippen molar-refractivity contribution in [2.24, 2.45) is 5.84 Å². The first-order valence-electron chi connectivity index (χ1n) is 5.63. The molecule has 0 spiro atoms. The number of nitrogens with two attached hydrogens (primary N) is 1. The Kier molecular flexibility index (Phi) is 3.54. The largest absolute Gasteiger partial charge is 0.317 e. The summed E-state index contributed by atoms with van der Waals surface area (Å²) >= 11 is 0. The molecule has 1 aromatic rings. The van der Waals surface area contributed by atoms with Crippen LogP contribution in [0.4, 0.5) is 0 Å². The van der Waals surface area contributed by atoms with E-state index in [0.717, 1.165) is 31.5 Å². The van der Waals surface area contributed by atoms with Crippen molar-refractivity contribution in [2.75, 3.05) is 13.1 Å². The number of hydrazine groups is 1. The minimum Gasteiger partial charge on any atom is -0.317 e. The van der Waals surface area contributed by atoms with Gasteiger partial charge in [-0.3, -0.25) is 10.2 Å². The second-order valence-corrected chi connectivity index (χ2v) is 4.08. The molecule has 0 bridgehead atoms. The molecule has 1 aliphatic heterocycles. The normalized spacial score (nSPS) is 17.1. The number of hydrogen-bond acceptors (Lipinski definition) is 3. The first-order chi connectivity index (χ1) is 7.83. The van der Waals surface area contributed by atoms with Gasteiger partial charge in [-0.1, -0.05) is 18.2 Å². The lowest BCUT2D eigenvalue weighted by atomic mass is 9.87. The van der Waals surface area contributed by atoms with E-state index in [1.807, 2.05) is 24.3 Å². The molecule has 86 valence electrons. The van der Waals surface area contributed by atoms with Gasteiger partial charge < -0.3 is 5.32 Å². The predicted octanol–water partition coefficient (Wildman–Crippen LogP) is 0.757. The van der Waals surface area contributed by atoms with E-state index in [9.17, 15) is 4.79 Å². The van der Waals surface area contributed by atoms with Crippen LogP contribution in [0.15, 0.2) is 24.3 Å². The van der Waals surface area contributed by atoms with E-state index in [0.29, 0.717) is 11.5 Å². The first kappa shape index (κ1) is 11.1. The molecule has 1 saturated heterocycles. The van der Waals surface area contributed by atoms with Gasteiger partial charge in [0.25, 0.3) is 5.91 Å². The van der Waals surface area contributed by atoms with Gasteiger partial charge in [-0.05, 0) is 43.5 Å². The van der Waals surface area contributed by atoms with Crippen molar-refractivity contribution in [3.05, 3.63) is 35.4 Å². The Morgan fingerprint density at radius 2 is 2.00 bits per heavy atom. The van der Waals surface area contributed by atoms with E-state index in [2.05, 4.69) is 10.7 Å². The van der Waals surface area contributed by atoms with Crippen LogP contribution < -0.4 is 16.6 Å². The monoisotopic (exact) mass is 219 g/mol. The molecule has 0 radical (unpaired) electrons. The second kappa shape index (κ2) is 5.09. The molecule has 4 nitrogen and oxygen atoms in total. The molecule has 1 amide bonds. The summed E-state index contributed by atoms with van der Waals surface area (Å²) in [5.41, 5.74) is 4.03. The highest BCUT2D eigenvalue weighted by Gasteiger charge is 2.20. The van der Waals surface area contributed by atoms with Crippen molar-refractivity contribution in [3.8, 4) is 0 Å². The molecule has 1 aliphatic rings. The van der Waals surface area contributed by atoms with E-state index < -0.39 is 0 Å². The molecule has 0 aliphatic carbocycles. The maximum Gasteiger partial charge on any atom is 0.265 e. The van der Waals surface area contributed by atoms with Crippen molar-refractivity contribution < 1.29 is 4.79 Å². The molecule has 1 aromatic carbocycles. The van der Waals surface area contributed by atoms with Gasteiger partial charge >= 0.3 is 0 Å². The minimum absolute atomic E-state index is 0.200. The van der Waals surface area contributed by atoms with Crippen molar-refractivity contribution in [2.45, 2.75) is 18.8 Å². The Bertz CT molecular complexity index is 372. The van der Waals surface area contributed by atoms with Crippen LogP contribution in [0.3, 0.4) is 0 Å². The van der Waals surface area contributed by atoms with E-state index in [4.69, 9.17) is 5.84 Å². The zero-order valence-corrected chi connectivity index (χ0v) is 9.20. The average Bonchev–Trinajstić information content (AvgIpc) is 2.39. The van der Waals surface area contributed by atoms with Crippen LogP contribution in [0.2, 0.25) is 0 Å². The van der Waals surface area contributed by atoms with E-state index in [-0.39, 0.29) is 5.91 Å². The number of carbonyl (C=O) groups is 1. The Morgan fingerprint density at radius 1 is 1.31 bits per heavy atom. The lowest BCUT2D eigenvalue weighted by molar-refractivity contribution is 0.0952. The molecule has 2 rings (SSSR count). The van der Waals surface area contributed by atoms with Gasteiger partial charge in [0.2, 0.25) is 0 Å². The number of hydrogen-bond donors (Lipinski definition) is 3. The SMILES string of the molecule is NNC(=O)c1ccccc1C1CCNCC1. The molecule has 0 aromatic heterocycles. The summed E-state index contributed by atoms with van der Waals surface area (Å²) in [5, 5.41) is 3.32. The number of rotatable bonds is 2. The van der Waals surface area contributed by atoms with Crippen molar-refractivity contribution in [3.63, 3.8) is 0 Å². The highest BCUT2D eigenvalue weighted by Crippen LogP contribution is 2.27. The summed E-state index contributed by atoms with van der Waals surface area (Å²) in [6.07, 6.45) is 2.16. The van der Waals surface area contributed by atoms with Crippen molar-refractivity contribution in [1.29, 1.82) is 0 Å². The quantitative estimate of drug-likeness (QED) is 0.391.